The van der Waals surface area contributed by atoms with Crippen LogP contribution in [-0.2, 0) is 26.8 Å². The van der Waals surface area contributed by atoms with Gasteiger partial charge in [0.25, 0.3) is 0 Å². The SMILES string of the molecule is CC(=O)Nc1ccc(S(=O)(=O)N2CCN(Cc3ccc(C(C)(C)C)cc3)CC2)cc1. The predicted octanol–water partition coefficient (Wildman–Crippen LogP) is 3.45. The van der Waals surface area contributed by atoms with Crippen molar-refractivity contribution in [2.75, 3.05) is 31.5 Å². The smallest absolute Gasteiger partial charge is 0.243 e. The molecule has 2 aromatic carbocycles. The van der Waals surface area contributed by atoms with Crippen LogP contribution in [0.5, 0.6) is 0 Å². The van der Waals surface area contributed by atoms with E-state index in [4.69, 9.17) is 0 Å². The maximum atomic E-state index is 12.9. The molecular formula is C23H31N3O3S. The highest BCUT2D eigenvalue weighted by atomic mass is 32.2. The monoisotopic (exact) mass is 429 g/mol. The van der Waals surface area contributed by atoms with Gasteiger partial charge in [0.1, 0.15) is 0 Å². The fourth-order valence-electron chi connectivity index (χ4n) is 3.56. The van der Waals surface area contributed by atoms with E-state index in [-0.39, 0.29) is 16.2 Å². The first-order valence-electron chi connectivity index (χ1n) is 10.3. The molecule has 1 aliphatic rings. The molecule has 162 valence electrons. The van der Waals surface area contributed by atoms with E-state index in [2.05, 4.69) is 55.3 Å². The minimum Gasteiger partial charge on any atom is -0.326 e. The molecule has 0 aromatic heterocycles. The van der Waals surface area contributed by atoms with Crippen LogP contribution in [0.25, 0.3) is 0 Å². The first-order chi connectivity index (χ1) is 14.1. The van der Waals surface area contributed by atoms with Crippen LogP contribution in [0.2, 0.25) is 0 Å². The molecule has 1 heterocycles. The van der Waals surface area contributed by atoms with E-state index in [0.717, 1.165) is 6.54 Å². The number of carbonyl (C=O) groups is 1. The average Bonchev–Trinajstić information content (AvgIpc) is 2.68. The van der Waals surface area contributed by atoms with Gasteiger partial charge in [-0.15, -0.1) is 0 Å². The number of carbonyl (C=O) groups excluding carboxylic acids is 1. The number of nitrogens with one attached hydrogen (secondary N) is 1. The van der Waals surface area contributed by atoms with Crippen molar-refractivity contribution in [3.63, 3.8) is 0 Å². The van der Waals surface area contributed by atoms with E-state index >= 15 is 0 Å². The van der Waals surface area contributed by atoms with E-state index in [1.807, 2.05) is 0 Å². The van der Waals surface area contributed by atoms with E-state index in [1.165, 1.54) is 18.1 Å². The number of hydrogen-bond donors (Lipinski definition) is 1. The number of hydrogen-bond acceptors (Lipinski definition) is 4. The van der Waals surface area contributed by atoms with Crippen molar-refractivity contribution in [2.24, 2.45) is 0 Å². The minimum absolute atomic E-state index is 0.138. The summed E-state index contributed by atoms with van der Waals surface area (Å²) in [4.78, 5) is 13.7. The van der Waals surface area contributed by atoms with Crippen LogP contribution in [-0.4, -0.2) is 49.7 Å². The first-order valence-corrected chi connectivity index (χ1v) is 11.7. The molecule has 2 aromatic rings. The molecule has 0 bridgehead atoms. The zero-order chi connectivity index (χ0) is 21.9. The summed E-state index contributed by atoms with van der Waals surface area (Å²) in [6.07, 6.45) is 0. The molecule has 1 saturated heterocycles. The molecule has 30 heavy (non-hydrogen) atoms. The highest BCUT2D eigenvalue weighted by molar-refractivity contribution is 7.89. The molecule has 0 radical (unpaired) electrons. The summed E-state index contributed by atoms with van der Waals surface area (Å²) in [5.74, 6) is -0.185. The summed E-state index contributed by atoms with van der Waals surface area (Å²) in [6.45, 7) is 11.2. The van der Waals surface area contributed by atoms with Gasteiger partial charge >= 0.3 is 0 Å². The summed E-state index contributed by atoms with van der Waals surface area (Å²) < 4.78 is 27.4. The zero-order valence-electron chi connectivity index (χ0n) is 18.2. The number of rotatable bonds is 5. The van der Waals surface area contributed by atoms with E-state index < -0.39 is 10.0 Å². The van der Waals surface area contributed by atoms with E-state index in [9.17, 15) is 13.2 Å². The molecule has 0 atom stereocenters. The Morgan fingerprint density at radius 1 is 0.933 bits per heavy atom. The van der Waals surface area contributed by atoms with Gasteiger partial charge in [0.2, 0.25) is 15.9 Å². The van der Waals surface area contributed by atoms with Crippen LogP contribution < -0.4 is 5.32 Å². The molecule has 1 amide bonds. The Kier molecular flexibility index (Phi) is 6.65. The minimum atomic E-state index is -3.53. The van der Waals surface area contributed by atoms with Gasteiger partial charge in [-0.3, -0.25) is 9.69 Å². The van der Waals surface area contributed by atoms with Gasteiger partial charge < -0.3 is 5.32 Å². The van der Waals surface area contributed by atoms with Gasteiger partial charge in [-0.2, -0.15) is 4.31 Å². The Labute approximate surface area is 179 Å². The Balaban J connectivity index is 1.58. The van der Waals surface area contributed by atoms with Gasteiger partial charge in [-0.05, 0) is 40.8 Å². The molecule has 0 unspecified atom stereocenters. The summed E-state index contributed by atoms with van der Waals surface area (Å²) >= 11 is 0. The fourth-order valence-corrected chi connectivity index (χ4v) is 4.98. The summed E-state index contributed by atoms with van der Waals surface area (Å²) in [5.41, 5.74) is 3.28. The predicted molar refractivity (Wildman–Crippen MR) is 120 cm³/mol. The van der Waals surface area contributed by atoms with Gasteiger partial charge in [0, 0.05) is 45.3 Å². The first kappa shape index (κ1) is 22.5. The number of amides is 1. The van der Waals surface area contributed by atoms with Crippen LogP contribution in [0.1, 0.15) is 38.8 Å². The average molecular weight is 430 g/mol. The fraction of sp³-hybridized carbons (Fsp3) is 0.435. The lowest BCUT2D eigenvalue weighted by atomic mass is 9.87. The maximum absolute atomic E-state index is 12.9. The molecule has 0 spiro atoms. The largest absolute Gasteiger partial charge is 0.326 e. The Morgan fingerprint density at radius 2 is 1.50 bits per heavy atom. The highest BCUT2D eigenvalue weighted by Crippen LogP contribution is 2.23. The lowest BCUT2D eigenvalue weighted by Gasteiger charge is -2.34. The topological polar surface area (TPSA) is 69.7 Å². The van der Waals surface area contributed by atoms with Crippen LogP contribution in [0.15, 0.2) is 53.4 Å². The summed E-state index contributed by atoms with van der Waals surface area (Å²) in [7, 11) is -3.53. The number of anilines is 1. The van der Waals surface area contributed by atoms with Gasteiger partial charge in [0.15, 0.2) is 0 Å². The van der Waals surface area contributed by atoms with Crippen LogP contribution in [0.3, 0.4) is 0 Å². The normalized spacial score (nSPS) is 16.4. The molecule has 1 fully saturated rings. The lowest BCUT2D eigenvalue weighted by Crippen LogP contribution is -2.48. The number of piperazine rings is 1. The zero-order valence-corrected chi connectivity index (χ0v) is 19.0. The van der Waals surface area contributed by atoms with Crippen molar-refractivity contribution < 1.29 is 13.2 Å². The van der Waals surface area contributed by atoms with Gasteiger partial charge in [-0.25, -0.2) is 8.42 Å². The van der Waals surface area contributed by atoms with Crippen molar-refractivity contribution in [3.05, 3.63) is 59.7 Å². The Bertz CT molecular complexity index is 970. The van der Waals surface area contributed by atoms with Crippen LogP contribution in [0, 0.1) is 0 Å². The maximum Gasteiger partial charge on any atom is 0.243 e. The molecule has 3 rings (SSSR count). The van der Waals surface area contributed by atoms with Crippen molar-refractivity contribution >= 4 is 21.6 Å². The molecule has 6 nitrogen and oxygen atoms in total. The van der Waals surface area contributed by atoms with Crippen LogP contribution >= 0.6 is 0 Å². The lowest BCUT2D eigenvalue weighted by molar-refractivity contribution is -0.114. The standard InChI is InChI=1S/C23H31N3O3S/c1-18(27)24-21-9-11-22(12-10-21)30(28,29)26-15-13-25(14-16-26)17-19-5-7-20(8-6-19)23(2,3)4/h5-12H,13-17H2,1-4H3,(H,24,27). The molecule has 0 saturated carbocycles. The van der Waals surface area contributed by atoms with Gasteiger partial charge in [-0.1, -0.05) is 45.0 Å². The molecular weight excluding hydrogens is 398 g/mol. The van der Waals surface area contributed by atoms with E-state index in [1.54, 1.807) is 28.6 Å². The van der Waals surface area contributed by atoms with Gasteiger partial charge in [0.05, 0.1) is 4.90 Å². The Morgan fingerprint density at radius 3 is 2.00 bits per heavy atom. The number of sulfonamides is 1. The molecule has 0 aliphatic carbocycles. The van der Waals surface area contributed by atoms with Crippen molar-refractivity contribution in [2.45, 2.75) is 44.6 Å². The van der Waals surface area contributed by atoms with E-state index in [0.29, 0.717) is 31.9 Å². The van der Waals surface area contributed by atoms with Crippen molar-refractivity contribution in [1.29, 1.82) is 0 Å². The molecule has 1 aliphatic heterocycles. The summed E-state index contributed by atoms with van der Waals surface area (Å²) in [5, 5.41) is 2.65. The third-order valence-corrected chi connectivity index (χ3v) is 7.28. The second kappa shape index (κ2) is 8.88. The molecule has 1 N–H and O–H groups in total. The quantitative estimate of drug-likeness (QED) is 0.790. The summed E-state index contributed by atoms with van der Waals surface area (Å²) in [6, 6.07) is 15.0. The van der Waals surface area contributed by atoms with Crippen molar-refractivity contribution in [1.82, 2.24) is 9.21 Å². The number of benzene rings is 2. The third kappa shape index (κ3) is 5.47. The Hall–Kier alpha value is -2.22. The third-order valence-electron chi connectivity index (χ3n) is 5.37. The second-order valence-electron chi connectivity index (χ2n) is 8.83. The molecule has 7 heteroatoms. The second-order valence-corrected chi connectivity index (χ2v) is 10.8. The van der Waals surface area contributed by atoms with Crippen LogP contribution in [0.4, 0.5) is 5.69 Å². The number of nitrogens with zero attached hydrogens (tertiary/aromatic N) is 2. The highest BCUT2D eigenvalue weighted by Gasteiger charge is 2.28. The van der Waals surface area contributed by atoms with Crippen molar-refractivity contribution in [3.8, 4) is 0 Å².